The second-order valence-electron chi connectivity index (χ2n) is 4.80. The third kappa shape index (κ3) is 2.76. The zero-order chi connectivity index (χ0) is 12.0. The van der Waals surface area contributed by atoms with Crippen LogP contribution in [0.4, 0.5) is 0 Å². The van der Waals surface area contributed by atoms with Gasteiger partial charge in [-0.2, -0.15) is 0 Å². The minimum atomic E-state index is -0.641. The van der Waals surface area contributed by atoms with Crippen LogP contribution in [-0.4, -0.2) is 34.6 Å². The number of nitrogens with zero attached hydrogens (tertiary/aromatic N) is 1. The molecule has 1 heterocycles. The van der Waals surface area contributed by atoms with Gasteiger partial charge in [0, 0.05) is 0 Å². The van der Waals surface area contributed by atoms with Gasteiger partial charge < -0.3 is 5.11 Å². The Kier molecular flexibility index (Phi) is 5.26. The molecule has 1 aliphatic heterocycles. The molecule has 0 saturated carbocycles. The molecule has 0 unspecified atom stereocenters. The van der Waals surface area contributed by atoms with Gasteiger partial charge in [-0.25, -0.2) is 0 Å². The highest BCUT2D eigenvalue weighted by Gasteiger charge is 2.40. The number of hydrogen-bond acceptors (Lipinski definition) is 2. The summed E-state index contributed by atoms with van der Waals surface area (Å²) in [6.07, 6.45) is 7.52. The minimum absolute atomic E-state index is 0.614. The molecule has 3 heteroatoms. The van der Waals surface area contributed by atoms with Gasteiger partial charge in [-0.15, -0.1) is 0 Å². The number of carboxylic acids is 1. The van der Waals surface area contributed by atoms with Crippen LogP contribution in [-0.2, 0) is 4.79 Å². The molecule has 0 radical (unpaired) electrons. The summed E-state index contributed by atoms with van der Waals surface area (Å²) >= 11 is 0. The second kappa shape index (κ2) is 6.24. The summed E-state index contributed by atoms with van der Waals surface area (Å²) in [7, 11) is 0. The van der Waals surface area contributed by atoms with Crippen molar-refractivity contribution in [1.29, 1.82) is 0 Å². The van der Waals surface area contributed by atoms with Crippen LogP contribution in [0.5, 0.6) is 0 Å². The summed E-state index contributed by atoms with van der Waals surface area (Å²) < 4.78 is 0. The number of carboxylic acid groups (broad SMARTS) is 1. The molecule has 16 heavy (non-hydrogen) atoms. The molecular formula is C13H25NO2. The van der Waals surface area contributed by atoms with Crippen molar-refractivity contribution in [3.63, 3.8) is 0 Å². The van der Waals surface area contributed by atoms with Gasteiger partial charge in [-0.05, 0) is 38.8 Å². The van der Waals surface area contributed by atoms with Crippen molar-refractivity contribution in [3.8, 4) is 0 Å². The van der Waals surface area contributed by atoms with E-state index in [1.807, 2.05) is 13.8 Å². The molecule has 1 fully saturated rings. The van der Waals surface area contributed by atoms with Gasteiger partial charge >= 0.3 is 5.97 Å². The third-order valence-electron chi connectivity index (χ3n) is 4.03. The fourth-order valence-electron chi connectivity index (χ4n) is 2.81. The monoisotopic (exact) mass is 227 g/mol. The van der Waals surface area contributed by atoms with E-state index >= 15 is 0 Å². The van der Waals surface area contributed by atoms with E-state index in [9.17, 15) is 9.90 Å². The SMILES string of the molecule is CCC(CC)(C(=O)O)N1CCCCCCC1. The van der Waals surface area contributed by atoms with Crippen LogP contribution in [0, 0.1) is 0 Å². The Hall–Kier alpha value is -0.570. The van der Waals surface area contributed by atoms with Crippen molar-refractivity contribution in [2.75, 3.05) is 13.1 Å². The predicted octanol–water partition coefficient (Wildman–Crippen LogP) is 2.90. The highest BCUT2D eigenvalue weighted by Crippen LogP contribution is 2.27. The first-order valence-corrected chi connectivity index (χ1v) is 6.66. The van der Waals surface area contributed by atoms with Gasteiger partial charge in [0.05, 0.1) is 0 Å². The maximum atomic E-state index is 11.5. The predicted molar refractivity (Wildman–Crippen MR) is 65.6 cm³/mol. The fraction of sp³-hybridized carbons (Fsp3) is 0.923. The first kappa shape index (κ1) is 13.5. The summed E-state index contributed by atoms with van der Waals surface area (Å²) in [5.41, 5.74) is -0.614. The molecule has 3 nitrogen and oxygen atoms in total. The normalized spacial score (nSPS) is 20.1. The van der Waals surface area contributed by atoms with Crippen molar-refractivity contribution in [1.82, 2.24) is 4.90 Å². The lowest BCUT2D eigenvalue weighted by atomic mass is 9.89. The van der Waals surface area contributed by atoms with Crippen LogP contribution in [0.1, 0.15) is 58.8 Å². The van der Waals surface area contributed by atoms with Crippen molar-refractivity contribution < 1.29 is 9.90 Å². The van der Waals surface area contributed by atoms with E-state index in [0.717, 1.165) is 25.9 Å². The zero-order valence-corrected chi connectivity index (χ0v) is 10.7. The Morgan fingerprint density at radius 1 is 1.06 bits per heavy atom. The van der Waals surface area contributed by atoms with Gasteiger partial charge in [0.2, 0.25) is 0 Å². The maximum Gasteiger partial charge on any atom is 0.324 e. The molecule has 1 aliphatic rings. The first-order valence-electron chi connectivity index (χ1n) is 6.66. The average molecular weight is 227 g/mol. The van der Waals surface area contributed by atoms with Gasteiger partial charge in [0.25, 0.3) is 0 Å². The molecule has 1 N–H and O–H groups in total. The molecule has 1 rings (SSSR count). The molecule has 0 atom stereocenters. The Bertz CT molecular complexity index is 216. The zero-order valence-electron chi connectivity index (χ0n) is 10.7. The lowest BCUT2D eigenvalue weighted by molar-refractivity contribution is -0.152. The molecule has 0 aromatic carbocycles. The first-order chi connectivity index (χ1) is 7.67. The second-order valence-corrected chi connectivity index (χ2v) is 4.80. The van der Waals surface area contributed by atoms with Crippen molar-refractivity contribution in [2.45, 2.75) is 64.3 Å². The molecule has 0 amide bonds. The quantitative estimate of drug-likeness (QED) is 0.802. The van der Waals surface area contributed by atoms with E-state index in [0.29, 0.717) is 12.8 Å². The smallest absolute Gasteiger partial charge is 0.324 e. The molecule has 0 aromatic heterocycles. The Labute approximate surface area is 98.8 Å². The van der Waals surface area contributed by atoms with E-state index in [-0.39, 0.29) is 0 Å². The van der Waals surface area contributed by atoms with E-state index < -0.39 is 11.5 Å². The lowest BCUT2D eigenvalue weighted by Gasteiger charge is -2.40. The average Bonchev–Trinajstić information content (AvgIpc) is 2.22. The highest BCUT2D eigenvalue weighted by atomic mass is 16.4. The highest BCUT2D eigenvalue weighted by molar-refractivity contribution is 5.78. The minimum Gasteiger partial charge on any atom is -0.480 e. The van der Waals surface area contributed by atoms with E-state index in [1.54, 1.807) is 0 Å². The topological polar surface area (TPSA) is 40.5 Å². The van der Waals surface area contributed by atoms with Crippen molar-refractivity contribution in [2.24, 2.45) is 0 Å². The standard InChI is InChI=1S/C13H25NO2/c1-3-13(4-2,12(15)16)14-10-8-6-5-7-9-11-14/h3-11H2,1-2H3,(H,15,16). The molecule has 94 valence electrons. The van der Waals surface area contributed by atoms with Crippen LogP contribution < -0.4 is 0 Å². The summed E-state index contributed by atoms with van der Waals surface area (Å²) in [4.78, 5) is 13.8. The molecule has 0 bridgehead atoms. The van der Waals surface area contributed by atoms with Crippen molar-refractivity contribution >= 4 is 5.97 Å². The van der Waals surface area contributed by atoms with E-state index in [2.05, 4.69) is 4.90 Å². The van der Waals surface area contributed by atoms with Gasteiger partial charge in [0.15, 0.2) is 0 Å². The molecular weight excluding hydrogens is 202 g/mol. The largest absolute Gasteiger partial charge is 0.480 e. The van der Waals surface area contributed by atoms with E-state index in [4.69, 9.17) is 0 Å². The van der Waals surface area contributed by atoms with Gasteiger partial charge in [-0.1, -0.05) is 33.1 Å². The Balaban J connectivity index is 2.78. The van der Waals surface area contributed by atoms with Gasteiger partial charge in [-0.3, -0.25) is 9.69 Å². The molecule has 0 aliphatic carbocycles. The van der Waals surface area contributed by atoms with Gasteiger partial charge in [0.1, 0.15) is 5.54 Å². The number of likely N-dealkylation sites (tertiary alicyclic amines) is 1. The summed E-state index contributed by atoms with van der Waals surface area (Å²) in [5.74, 6) is -0.641. The molecule has 0 aromatic rings. The summed E-state index contributed by atoms with van der Waals surface area (Å²) in [5, 5.41) is 9.50. The van der Waals surface area contributed by atoms with Crippen LogP contribution >= 0.6 is 0 Å². The van der Waals surface area contributed by atoms with E-state index in [1.165, 1.54) is 19.3 Å². The number of hydrogen-bond donors (Lipinski definition) is 1. The molecule has 0 spiro atoms. The maximum absolute atomic E-state index is 11.5. The summed E-state index contributed by atoms with van der Waals surface area (Å²) in [6.45, 7) is 5.90. The third-order valence-corrected chi connectivity index (χ3v) is 4.03. The Morgan fingerprint density at radius 3 is 1.88 bits per heavy atom. The Morgan fingerprint density at radius 2 is 1.50 bits per heavy atom. The lowest BCUT2D eigenvalue weighted by Crippen LogP contribution is -2.54. The summed E-state index contributed by atoms with van der Waals surface area (Å²) in [6, 6.07) is 0. The van der Waals surface area contributed by atoms with Crippen LogP contribution in [0.25, 0.3) is 0 Å². The van der Waals surface area contributed by atoms with Crippen molar-refractivity contribution in [3.05, 3.63) is 0 Å². The number of rotatable bonds is 4. The number of aliphatic carboxylic acids is 1. The van der Waals surface area contributed by atoms with Crippen LogP contribution in [0.3, 0.4) is 0 Å². The molecule has 1 saturated heterocycles. The fourth-order valence-corrected chi connectivity index (χ4v) is 2.81. The number of carbonyl (C=O) groups is 1. The van der Waals surface area contributed by atoms with Crippen LogP contribution in [0.15, 0.2) is 0 Å². The van der Waals surface area contributed by atoms with Crippen LogP contribution in [0.2, 0.25) is 0 Å².